The van der Waals surface area contributed by atoms with Gasteiger partial charge in [-0.25, -0.2) is 9.97 Å². The molecule has 204 valence electrons. The molecule has 2 aliphatic rings. The van der Waals surface area contributed by atoms with Crippen molar-refractivity contribution >= 4 is 5.91 Å². The fourth-order valence-electron chi connectivity index (χ4n) is 4.48. The van der Waals surface area contributed by atoms with E-state index < -0.39 is 42.0 Å². The molecule has 0 radical (unpaired) electrons. The van der Waals surface area contributed by atoms with Crippen molar-refractivity contribution in [1.29, 1.82) is 0 Å². The molecule has 4 heterocycles. The van der Waals surface area contributed by atoms with Crippen LogP contribution in [0.3, 0.4) is 0 Å². The molecule has 0 unspecified atom stereocenters. The first kappa shape index (κ1) is 26.2. The van der Waals surface area contributed by atoms with Gasteiger partial charge in [0.25, 0.3) is 5.91 Å². The van der Waals surface area contributed by atoms with Crippen LogP contribution in [0.1, 0.15) is 51.7 Å². The Hall–Kier alpha value is -3.46. The minimum atomic E-state index is -4.96. The number of rotatable bonds is 5. The van der Waals surface area contributed by atoms with Gasteiger partial charge in [0.05, 0.1) is 37.6 Å². The van der Waals surface area contributed by atoms with Crippen molar-refractivity contribution < 1.29 is 45.0 Å². The third kappa shape index (κ3) is 5.12. The standard InChI is InChI=1S/C23H21F6N5O4/c1-11-4-15-16(18-14(11)9-34(33-18)8-13-10-36-2-3-37-13)17(22(24,25)26)19(38-15)20(35)30-5-12-6-31-21(32-7-12)23(27,28)29/h6-7,9,11,13H,2-5,8,10H2,1H3,(H,30,35)/t11-,13+/m1/s1. The van der Waals surface area contributed by atoms with E-state index in [2.05, 4.69) is 20.4 Å². The second-order valence-electron chi connectivity index (χ2n) is 9.03. The predicted octanol–water partition coefficient (Wildman–Crippen LogP) is 3.98. The molecule has 15 heteroatoms. The number of carbonyl (C=O) groups is 1. The maximum Gasteiger partial charge on any atom is 0.451 e. The summed E-state index contributed by atoms with van der Waals surface area (Å²) in [5.74, 6) is -3.77. The molecule has 1 saturated heterocycles. The number of furan rings is 1. The number of nitrogens with one attached hydrogen (secondary N) is 1. The fourth-order valence-corrected chi connectivity index (χ4v) is 4.48. The number of aromatic nitrogens is 4. The summed E-state index contributed by atoms with van der Waals surface area (Å²) in [6, 6.07) is 0. The van der Waals surface area contributed by atoms with Gasteiger partial charge < -0.3 is 19.2 Å². The Labute approximate surface area is 211 Å². The van der Waals surface area contributed by atoms with E-state index in [9.17, 15) is 31.1 Å². The van der Waals surface area contributed by atoms with Crippen molar-refractivity contribution in [1.82, 2.24) is 25.1 Å². The van der Waals surface area contributed by atoms with Crippen LogP contribution in [0.25, 0.3) is 11.3 Å². The molecule has 0 saturated carbocycles. The summed E-state index contributed by atoms with van der Waals surface area (Å²) in [5.41, 5.74) is -0.853. The maximum atomic E-state index is 14.3. The fraction of sp³-hybridized carbons (Fsp3) is 0.478. The maximum absolute atomic E-state index is 14.3. The highest BCUT2D eigenvalue weighted by Crippen LogP contribution is 2.48. The quantitative estimate of drug-likeness (QED) is 0.484. The number of fused-ring (bicyclic) bond motifs is 3. The van der Waals surface area contributed by atoms with Crippen LogP contribution in [0.2, 0.25) is 0 Å². The van der Waals surface area contributed by atoms with Gasteiger partial charge in [0, 0.05) is 42.7 Å². The Morgan fingerprint density at radius 2 is 1.87 bits per heavy atom. The van der Waals surface area contributed by atoms with Gasteiger partial charge in [-0.3, -0.25) is 9.48 Å². The Bertz CT molecular complexity index is 1330. The molecule has 3 aromatic rings. The van der Waals surface area contributed by atoms with Crippen LogP contribution in [0.5, 0.6) is 0 Å². The Morgan fingerprint density at radius 3 is 2.50 bits per heavy atom. The molecule has 1 aliphatic carbocycles. The number of carbonyl (C=O) groups excluding carboxylic acids is 1. The lowest BCUT2D eigenvalue weighted by molar-refractivity contribution is -0.145. The number of nitrogens with zero attached hydrogens (tertiary/aromatic N) is 4. The summed E-state index contributed by atoms with van der Waals surface area (Å²) in [7, 11) is 0. The summed E-state index contributed by atoms with van der Waals surface area (Å²) < 4.78 is 98.7. The highest BCUT2D eigenvalue weighted by atomic mass is 19.4. The van der Waals surface area contributed by atoms with E-state index in [0.29, 0.717) is 25.4 Å². The Balaban J connectivity index is 1.43. The van der Waals surface area contributed by atoms with Crippen molar-refractivity contribution in [3.8, 4) is 11.3 Å². The highest BCUT2D eigenvalue weighted by molar-refractivity contribution is 5.96. The summed E-state index contributed by atoms with van der Waals surface area (Å²) >= 11 is 0. The molecule has 2 atom stereocenters. The smallest absolute Gasteiger partial charge is 0.451 e. The van der Waals surface area contributed by atoms with Crippen molar-refractivity contribution in [2.75, 3.05) is 19.8 Å². The second kappa shape index (κ2) is 9.69. The van der Waals surface area contributed by atoms with Gasteiger partial charge in [-0.05, 0) is 5.92 Å². The molecule has 5 rings (SSSR count). The van der Waals surface area contributed by atoms with Crippen LogP contribution in [-0.4, -0.2) is 51.6 Å². The lowest BCUT2D eigenvalue weighted by atomic mass is 9.86. The minimum Gasteiger partial charge on any atom is -0.455 e. The molecular weight excluding hydrogens is 524 g/mol. The van der Waals surface area contributed by atoms with E-state index in [1.807, 2.05) is 6.92 Å². The number of alkyl halides is 6. The van der Waals surface area contributed by atoms with Crippen LogP contribution in [0, 0.1) is 0 Å². The molecular formula is C23H21F6N5O4. The van der Waals surface area contributed by atoms with Crippen molar-refractivity contribution in [2.45, 2.75) is 50.8 Å². The van der Waals surface area contributed by atoms with Gasteiger partial charge >= 0.3 is 12.4 Å². The van der Waals surface area contributed by atoms with Gasteiger partial charge in [-0.15, -0.1) is 0 Å². The van der Waals surface area contributed by atoms with E-state index in [-0.39, 0.29) is 47.6 Å². The molecule has 38 heavy (non-hydrogen) atoms. The van der Waals surface area contributed by atoms with Gasteiger partial charge in [0.2, 0.25) is 11.6 Å². The van der Waals surface area contributed by atoms with Crippen molar-refractivity contribution in [2.24, 2.45) is 0 Å². The van der Waals surface area contributed by atoms with Crippen LogP contribution < -0.4 is 5.32 Å². The molecule has 0 aromatic carbocycles. The topological polar surface area (TPSA) is 104 Å². The van der Waals surface area contributed by atoms with Crippen molar-refractivity contribution in [3.05, 3.63) is 52.6 Å². The van der Waals surface area contributed by atoms with Crippen LogP contribution in [0.4, 0.5) is 26.3 Å². The Kier molecular flexibility index (Phi) is 6.67. The second-order valence-corrected chi connectivity index (χ2v) is 9.03. The molecule has 1 N–H and O–H groups in total. The third-order valence-corrected chi connectivity index (χ3v) is 6.21. The van der Waals surface area contributed by atoms with Crippen LogP contribution in [0.15, 0.2) is 23.0 Å². The van der Waals surface area contributed by atoms with Gasteiger partial charge in [-0.1, -0.05) is 6.92 Å². The third-order valence-electron chi connectivity index (χ3n) is 6.21. The van der Waals surface area contributed by atoms with E-state index in [1.54, 1.807) is 6.20 Å². The molecule has 1 amide bonds. The number of amides is 1. The van der Waals surface area contributed by atoms with E-state index >= 15 is 0 Å². The summed E-state index contributed by atoms with van der Waals surface area (Å²) in [6.45, 7) is 2.87. The lowest BCUT2D eigenvalue weighted by Gasteiger charge is -2.22. The Morgan fingerprint density at radius 1 is 1.13 bits per heavy atom. The monoisotopic (exact) mass is 545 g/mol. The molecule has 1 aliphatic heterocycles. The van der Waals surface area contributed by atoms with Crippen molar-refractivity contribution in [3.63, 3.8) is 0 Å². The molecule has 1 fully saturated rings. The highest BCUT2D eigenvalue weighted by Gasteiger charge is 2.46. The first-order valence-corrected chi connectivity index (χ1v) is 11.6. The van der Waals surface area contributed by atoms with Gasteiger partial charge in [-0.2, -0.15) is 31.4 Å². The molecule has 0 bridgehead atoms. The van der Waals surface area contributed by atoms with Gasteiger partial charge in [0.1, 0.15) is 17.4 Å². The zero-order chi connectivity index (χ0) is 27.2. The summed E-state index contributed by atoms with van der Waals surface area (Å²) in [5, 5.41) is 6.63. The SMILES string of the molecule is C[C@@H]1Cc2oc(C(=O)NCc3cnc(C(F)(F)F)nc3)c(C(F)(F)F)c2-c2nn(C[C@H]3COCCO3)cc21. The van der Waals surface area contributed by atoms with E-state index in [0.717, 1.165) is 12.4 Å². The normalized spacial score (nSPS) is 19.7. The van der Waals surface area contributed by atoms with Crippen LogP contribution >= 0.6 is 0 Å². The number of halogens is 6. The predicted molar refractivity (Wildman–Crippen MR) is 116 cm³/mol. The lowest BCUT2D eigenvalue weighted by Crippen LogP contribution is -2.32. The zero-order valence-corrected chi connectivity index (χ0v) is 19.8. The van der Waals surface area contributed by atoms with E-state index in [4.69, 9.17) is 13.9 Å². The first-order chi connectivity index (χ1) is 17.9. The van der Waals surface area contributed by atoms with Gasteiger partial charge in [0.15, 0.2) is 0 Å². The first-order valence-electron chi connectivity index (χ1n) is 11.6. The summed E-state index contributed by atoms with van der Waals surface area (Å²) in [4.78, 5) is 19.1. The average Bonchev–Trinajstić information content (AvgIpc) is 3.45. The summed E-state index contributed by atoms with van der Waals surface area (Å²) in [6.07, 6.45) is -6.58. The molecule has 9 nitrogen and oxygen atoms in total. The number of hydrogen-bond donors (Lipinski definition) is 1. The average molecular weight is 545 g/mol. The number of ether oxygens (including phenoxy) is 2. The largest absolute Gasteiger partial charge is 0.455 e. The van der Waals surface area contributed by atoms with Crippen LogP contribution in [-0.2, 0) is 41.3 Å². The number of hydrogen-bond acceptors (Lipinski definition) is 7. The minimum absolute atomic E-state index is 0.0251. The molecule has 3 aromatic heterocycles. The zero-order valence-electron chi connectivity index (χ0n) is 19.8. The molecule has 0 spiro atoms. The van der Waals surface area contributed by atoms with E-state index in [1.165, 1.54) is 4.68 Å².